The first-order valence-corrected chi connectivity index (χ1v) is 11.0. The maximum atomic E-state index is 6.37. The lowest BCUT2D eigenvalue weighted by Gasteiger charge is -2.46. The second kappa shape index (κ2) is 8.19. The van der Waals surface area contributed by atoms with Gasteiger partial charge in [-0.15, -0.1) is 0 Å². The summed E-state index contributed by atoms with van der Waals surface area (Å²) < 4.78 is 6.37. The van der Waals surface area contributed by atoms with Crippen molar-refractivity contribution in [1.82, 2.24) is 10.3 Å². The van der Waals surface area contributed by atoms with Gasteiger partial charge in [0.05, 0.1) is 18.1 Å². The van der Waals surface area contributed by atoms with Crippen molar-refractivity contribution in [1.29, 1.82) is 0 Å². The number of hydrazine groups is 1. The summed E-state index contributed by atoms with van der Waals surface area (Å²) in [6.45, 7) is 2.22. The fourth-order valence-corrected chi connectivity index (χ4v) is 5.80. The molecule has 0 radical (unpaired) electrons. The number of nitrogens with one attached hydrogen (secondary N) is 1. The SMILES string of the molecule is CC(CC1C#C1)OC1CCC2CCC(C3CCC(N(C)N)CC3)NC2C1. The Hall–Kier alpha value is -0.600. The lowest BCUT2D eigenvalue weighted by Crippen LogP contribution is -2.54. The van der Waals surface area contributed by atoms with Crippen LogP contribution in [0.4, 0.5) is 0 Å². The van der Waals surface area contributed by atoms with Gasteiger partial charge in [0, 0.05) is 25.2 Å². The first-order chi connectivity index (χ1) is 12.6. The van der Waals surface area contributed by atoms with Gasteiger partial charge in [0.2, 0.25) is 0 Å². The van der Waals surface area contributed by atoms with Crippen LogP contribution in [-0.4, -0.2) is 42.4 Å². The van der Waals surface area contributed by atoms with Crippen molar-refractivity contribution < 1.29 is 4.74 Å². The zero-order valence-corrected chi connectivity index (χ0v) is 16.6. The van der Waals surface area contributed by atoms with E-state index in [1.807, 2.05) is 12.1 Å². The van der Waals surface area contributed by atoms with E-state index in [4.69, 9.17) is 10.6 Å². The highest BCUT2D eigenvalue weighted by Gasteiger charge is 2.39. The monoisotopic (exact) mass is 359 g/mol. The van der Waals surface area contributed by atoms with Gasteiger partial charge in [-0.3, -0.25) is 5.84 Å². The first-order valence-electron chi connectivity index (χ1n) is 11.0. The Morgan fingerprint density at radius 3 is 2.35 bits per heavy atom. The van der Waals surface area contributed by atoms with Crippen LogP contribution in [0.5, 0.6) is 0 Å². The van der Waals surface area contributed by atoms with E-state index in [9.17, 15) is 0 Å². The lowest BCUT2D eigenvalue weighted by molar-refractivity contribution is -0.0486. The molecular weight excluding hydrogens is 322 g/mol. The molecule has 4 heteroatoms. The van der Waals surface area contributed by atoms with Crippen LogP contribution in [0.15, 0.2) is 0 Å². The molecule has 5 unspecified atom stereocenters. The highest BCUT2D eigenvalue weighted by atomic mass is 16.5. The molecule has 26 heavy (non-hydrogen) atoms. The molecule has 146 valence electrons. The molecule has 5 atom stereocenters. The Bertz CT molecular complexity index is 523. The molecule has 3 N–H and O–H groups in total. The third kappa shape index (κ3) is 4.62. The summed E-state index contributed by atoms with van der Waals surface area (Å²) >= 11 is 0. The fraction of sp³-hybridized carbons (Fsp3) is 0.909. The molecule has 0 aromatic heterocycles. The Kier molecular flexibility index (Phi) is 5.90. The smallest absolute Gasteiger partial charge is 0.0836 e. The highest BCUT2D eigenvalue weighted by molar-refractivity contribution is 5.29. The maximum absolute atomic E-state index is 6.37. The summed E-state index contributed by atoms with van der Waals surface area (Å²) in [7, 11) is 2.02. The van der Waals surface area contributed by atoms with Crippen molar-refractivity contribution in [2.75, 3.05) is 7.05 Å². The van der Waals surface area contributed by atoms with Crippen LogP contribution in [0, 0.1) is 29.6 Å². The van der Waals surface area contributed by atoms with Crippen molar-refractivity contribution in [2.24, 2.45) is 23.6 Å². The molecule has 1 heterocycles. The number of ether oxygens (including phenoxy) is 1. The molecule has 4 aliphatic rings. The van der Waals surface area contributed by atoms with Crippen LogP contribution >= 0.6 is 0 Å². The van der Waals surface area contributed by atoms with Gasteiger partial charge in [-0.2, -0.15) is 0 Å². The second-order valence-corrected chi connectivity index (χ2v) is 9.41. The normalized spacial score (nSPS) is 41.2. The average Bonchev–Trinajstić information content (AvgIpc) is 3.45. The maximum Gasteiger partial charge on any atom is 0.0836 e. The minimum absolute atomic E-state index is 0.340. The summed E-state index contributed by atoms with van der Waals surface area (Å²) in [6.07, 6.45) is 13.6. The predicted molar refractivity (Wildman–Crippen MR) is 105 cm³/mol. The molecule has 1 saturated heterocycles. The third-order valence-corrected chi connectivity index (χ3v) is 7.45. The van der Waals surface area contributed by atoms with Crippen LogP contribution in [-0.2, 0) is 4.74 Å². The number of piperidine rings is 1. The molecular formula is C22H37N3O. The zero-order chi connectivity index (χ0) is 18.1. The molecule has 0 aromatic carbocycles. The Balaban J connectivity index is 1.25. The molecule has 1 aliphatic heterocycles. The van der Waals surface area contributed by atoms with Gasteiger partial charge in [-0.25, -0.2) is 5.01 Å². The quantitative estimate of drug-likeness (QED) is 0.435. The van der Waals surface area contributed by atoms with Crippen LogP contribution in [0.2, 0.25) is 0 Å². The van der Waals surface area contributed by atoms with Crippen molar-refractivity contribution in [3.63, 3.8) is 0 Å². The number of fused-ring (bicyclic) bond motifs is 1. The van der Waals surface area contributed by atoms with Crippen LogP contribution in [0.1, 0.15) is 71.1 Å². The van der Waals surface area contributed by atoms with E-state index >= 15 is 0 Å². The molecule has 3 aliphatic carbocycles. The number of nitrogens with two attached hydrogens (primary N) is 1. The summed E-state index contributed by atoms with van der Waals surface area (Å²) in [4.78, 5) is 0. The first kappa shape index (κ1) is 18.7. The lowest BCUT2D eigenvalue weighted by atomic mass is 9.72. The van der Waals surface area contributed by atoms with Crippen molar-refractivity contribution in [3.05, 3.63) is 0 Å². The third-order valence-electron chi connectivity index (χ3n) is 7.45. The van der Waals surface area contributed by atoms with Crippen molar-refractivity contribution >= 4 is 0 Å². The molecule has 0 spiro atoms. The van der Waals surface area contributed by atoms with E-state index in [-0.39, 0.29) is 0 Å². The molecule has 4 rings (SSSR count). The minimum atomic E-state index is 0.340. The largest absolute Gasteiger partial charge is 0.375 e. The van der Waals surface area contributed by atoms with Gasteiger partial charge in [-0.05, 0) is 83.0 Å². The molecule has 0 aromatic rings. The van der Waals surface area contributed by atoms with Gasteiger partial charge in [-0.1, -0.05) is 11.8 Å². The van der Waals surface area contributed by atoms with Gasteiger partial charge >= 0.3 is 0 Å². The summed E-state index contributed by atoms with van der Waals surface area (Å²) in [5.74, 6) is 14.5. The van der Waals surface area contributed by atoms with Crippen LogP contribution < -0.4 is 11.2 Å². The summed E-state index contributed by atoms with van der Waals surface area (Å²) in [6, 6.07) is 1.98. The van der Waals surface area contributed by atoms with Gasteiger partial charge in [0.25, 0.3) is 0 Å². The molecule has 3 fully saturated rings. The Morgan fingerprint density at radius 2 is 1.65 bits per heavy atom. The molecule has 4 nitrogen and oxygen atoms in total. The summed E-state index contributed by atoms with van der Waals surface area (Å²) in [5.41, 5.74) is 0. The minimum Gasteiger partial charge on any atom is -0.375 e. The van der Waals surface area contributed by atoms with E-state index in [1.54, 1.807) is 0 Å². The number of nitrogens with zero attached hydrogens (tertiary/aromatic N) is 1. The van der Waals surface area contributed by atoms with E-state index in [0.717, 1.165) is 24.3 Å². The zero-order valence-electron chi connectivity index (χ0n) is 16.6. The predicted octanol–water partition coefficient (Wildman–Crippen LogP) is 3.07. The number of rotatable bonds is 6. The van der Waals surface area contributed by atoms with E-state index < -0.39 is 0 Å². The molecule has 0 bridgehead atoms. The Morgan fingerprint density at radius 1 is 1.00 bits per heavy atom. The van der Waals surface area contributed by atoms with Crippen molar-refractivity contribution in [2.45, 2.75) is 101 Å². The van der Waals surface area contributed by atoms with Crippen molar-refractivity contribution in [3.8, 4) is 11.8 Å². The standard InChI is InChI=1S/C22H37N3O/c1-15(13-16-3-4-16)26-20-11-7-18-8-12-21(24-22(18)14-20)17-5-9-19(10-6-17)25(2)23/h15-22,24H,5-14,23H2,1-2H3. The van der Waals surface area contributed by atoms with E-state index in [2.05, 4.69) is 24.1 Å². The Labute approximate surface area is 159 Å². The fourth-order valence-electron chi connectivity index (χ4n) is 5.80. The van der Waals surface area contributed by atoms with E-state index in [0.29, 0.717) is 30.2 Å². The second-order valence-electron chi connectivity index (χ2n) is 9.41. The molecule has 0 amide bonds. The average molecular weight is 360 g/mol. The van der Waals surface area contributed by atoms with Gasteiger partial charge < -0.3 is 10.1 Å². The van der Waals surface area contributed by atoms with Gasteiger partial charge in [0.1, 0.15) is 0 Å². The topological polar surface area (TPSA) is 50.5 Å². The highest BCUT2D eigenvalue weighted by Crippen LogP contribution is 2.38. The molecule has 2 saturated carbocycles. The van der Waals surface area contributed by atoms with E-state index in [1.165, 1.54) is 57.8 Å². The van der Waals surface area contributed by atoms with Crippen LogP contribution in [0.3, 0.4) is 0 Å². The number of hydrogen-bond acceptors (Lipinski definition) is 4. The number of hydrogen-bond donors (Lipinski definition) is 2. The van der Waals surface area contributed by atoms with Gasteiger partial charge in [0.15, 0.2) is 0 Å². The van der Waals surface area contributed by atoms with Crippen LogP contribution in [0.25, 0.3) is 0 Å². The summed E-state index contributed by atoms with van der Waals surface area (Å²) in [5, 5.41) is 6.00.